The molecule has 2 aromatic carbocycles. The van der Waals surface area contributed by atoms with Gasteiger partial charge < -0.3 is 10.1 Å². The van der Waals surface area contributed by atoms with Crippen molar-refractivity contribution in [2.75, 3.05) is 31.3 Å². The van der Waals surface area contributed by atoms with E-state index in [4.69, 9.17) is 4.74 Å². The van der Waals surface area contributed by atoms with Crippen LogP contribution in [0.3, 0.4) is 0 Å². The van der Waals surface area contributed by atoms with E-state index in [1.165, 1.54) is 35.3 Å². The zero-order valence-corrected chi connectivity index (χ0v) is 19.2. The molecule has 0 spiro atoms. The van der Waals surface area contributed by atoms with Crippen LogP contribution in [0, 0.1) is 0 Å². The molecule has 1 amide bonds. The number of carbonyl (C=O) groups is 1. The van der Waals surface area contributed by atoms with Crippen molar-refractivity contribution in [3.63, 3.8) is 0 Å². The highest BCUT2D eigenvalue weighted by atomic mass is 79.9. The van der Waals surface area contributed by atoms with Crippen LogP contribution in [-0.4, -0.2) is 44.6 Å². The van der Waals surface area contributed by atoms with Gasteiger partial charge in [0.15, 0.2) is 0 Å². The van der Waals surface area contributed by atoms with Crippen LogP contribution in [0.1, 0.15) is 13.8 Å². The van der Waals surface area contributed by atoms with Gasteiger partial charge in [-0.2, -0.15) is 4.31 Å². The Labute approximate surface area is 178 Å². The Morgan fingerprint density at radius 2 is 1.79 bits per heavy atom. The summed E-state index contributed by atoms with van der Waals surface area (Å²) in [5, 5.41) is 2.75. The van der Waals surface area contributed by atoms with Crippen molar-refractivity contribution < 1.29 is 17.9 Å². The molecule has 0 saturated carbocycles. The Kier molecular flexibility index (Phi) is 8.36. The Hall–Kier alpha value is -1.55. The van der Waals surface area contributed by atoms with Crippen LogP contribution in [0.25, 0.3) is 0 Å². The van der Waals surface area contributed by atoms with Gasteiger partial charge in [0.05, 0.1) is 23.4 Å². The van der Waals surface area contributed by atoms with E-state index in [2.05, 4.69) is 21.2 Å². The van der Waals surface area contributed by atoms with E-state index >= 15 is 0 Å². The number of nitrogens with one attached hydrogen (secondary N) is 1. The van der Waals surface area contributed by atoms with Gasteiger partial charge in [0, 0.05) is 22.5 Å². The van der Waals surface area contributed by atoms with Crippen molar-refractivity contribution in [2.45, 2.75) is 23.6 Å². The van der Waals surface area contributed by atoms with Crippen LogP contribution in [0.2, 0.25) is 0 Å². The average Bonchev–Trinajstić information content (AvgIpc) is 2.68. The molecular weight excluding hydrogens is 464 g/mol. The fraction of sp³-hybridized carbons (Fsp3) is 0.316. The number of nitrogens with zero attached hydrogens (tertiary/aromatic N) is 1. The molecule has 0 aliphatic heterocycles. The van der Waals surface area contributed by atoms with Crippen LogP contribution < -0.4 is 10.1 Å². The van der Waals surface area contributed by atoms with Crippen molar-refractivity contribution in [1.82, 2.24) is 4.31 Å². The van der Waals surface area contributed by atoms with Gasteiger partial charge in [-0.15, -0.1) is 11.8 Å². The van der Waals surface area contributed by atoms with Crippen molar-refractivity contribution >= 4 is 49.3 Å². The summed E-state index contributed by atoms with van der Waals surface area (Å²) in [6.07, 6.45) is 0. The molecule has 0 fully saturated rings. The summed E-state index contributed by atoms with van der Waals surface area (Å²) in [4.78, 5) is 13.5. The molecule has 1 N–H and O–H groups in total. The highest BCUT2D eigenvalue weighted by Gasteiger charge is 2.23. The smallest absolute Gasteiger partial charge is 0.243 e. The molecular formula is C19H23BrN2O4S2. The third kappa shape index (κ3) is 5.73. The summed E-state index contributed by atoms with van der Waals surface area (Å²) >= 11 is 4.77. The lowest BCUT2D eigenvalue weighted by Crippen LogP contribution is -2.30. The highest BCUT2D eigenvalue weighted by Crippen LogP contribution is 2.29. The van der Waals surface area contributed by atoms with Crippen molar-refractivity contribution in [3.05, 3.63) is 46.9 Å². The lowest BCUT2D eigenvalue weighted by molar-refractivity contribution is -0.113. The first kappa shape index (κ1) is 22.7. The molecule has 0 aromatic heterocycles. The third-order valence-corrected chi connectivity index (χ3v) is 7.56. The van der Waals surface area contributed by atoms with Crippen LogP contribution in [0.4, 0.5) is 5.69 Å². The van der Waals surface area contributed by atoms with Crippen LogP contribution in [0.5, 0.6) is 5.75 Å². The number of sulfonamides is 1. The maximum atomic E-state index is 12.7. The topological polar surface area (TPSA) is 75.7 Å². The fourth-order valence-electron chi connectivity index (χ4n) is 2.52. The van der Waals surface area contributed by atoms with E-state index in [-0.39, 0.29) is 16.6 Å². The molecule has 2 rings (SSSR count). The summed E-state index contributed by atoms with van der Waals surface area (Å²) < 4.78 is 33.1. The van der Waals surface area contributed by atoms with Gasteiger partial charge in [0.25, 0.3) is 0 Å². The molecule has 0 radical (unpaired) electrons. The predicted octanol–water partition coefficient (Wildman–Crippen LogP) is 4.22. The normalized spacial score (nSPS) is 11.5. The Bertz CT molecular complexity index is 914. The zero-order chi connectivity index (χ0) is 20.7. The third-order valence-electron chi connectivity index (χ3n) is 3.97. The highest BCUT2D eigenvalue weighted by molar-refractivity contribution is 9.10. The Morgan fingerprint density at radius 1 is 1.14 bits per heavy atom. The molecule has 0 saturated heterocycles. The van der Waals surface area contributed by atoms with Crippen molar-refractivity contribution in [3.8, 4) is 5.75 Å². The predicted molar refractivity (Wildman–Crippen MR) is 117 cm³/mol. The number of carbonyl (C=O) groups excluding carboxylic acids is 1. The van der Waals surface area contributed by atoms with Gasteiger partial charge in [-0.3, -0.25) is 4.79 Å². The lowest BCUT2D eigenvalue weighted by atomic mass is 10.3. The van der Waals surface area contributed by atoms with Crippen molar-refractivity contribution in [1.29, 1.82) is 0 Å². The maximum absolute atomic E-state index is 12.7. The zero-order valence-electron chi connectivity index (χ0n) is 15.9. The average molecular weight is 487 g/mol. The largest absolute Gasteiger partial charge is 0.495 e. The summed E-state index contributed by atoms with van der Waals surface area (Å²) in [6.45, 7) is 4.31. The van der Waals surface area contributed by atoms with Crippen LogP contribution >= 0.6 is 27.7 Å². The summed E-state index contributed by atoms with van der Waals surface area (Å²) in [5.41, 5.74) is 0.331. The van der Waals surface area contributed by atoms with E-state index in [1.54, 1.807) is 19.9 Å². The SMILES string of the molecule is CCN(CC)S(=O)(=O)c1ccc(OC)c(NC(=O)CSc2ccc(Br)cc2)c1. The maximum Gasteiger partial charge on any atom is 0.243 e. The fourth-order valence-corrected chi connectivity index (χ4v) is 4.97. The van der Waals surface area contributed by atoms with Gasteiger partial charge in [-0.05, 0) is 42.5 Å². The molecule has 152 valence electrons. The number of rotatable bonds is 9. The monoisotopic (exact) mass is 486 g/mol. The lowest BCUT2D eigenvalue weighted by Gasteiger charge is -2.19. The molecule has 0 heterocycles. The molecule has 0 atom stereocenters. The minimum absolute atomic E-state index is 0.118. The summed E-state index contributed by atoms with van der Waals surface area (Å²) in [7, 11) is -2.15. The number of benzene rings is 2. The number of methoxy groups -OCH3 is 1. The Morgan fingerprint density at radius 3 is 2.36 bits per heavy atom. The van der Waals surface area contributed by atoms with E-state index < -0.39 is 10.0 Å². The molecule has 6 nitrogen and oxygen atoms in total. The van der Waals surface area contributed by atoms with Crippen LogP contribution in [-0.2, 0) is 14.8 Å². The Balaban J connectivity index is 2.17. The van der Waals surface area contributed by atoms with E-state index in [9.17, 15) is 13.2 Å². The van der Waals surface area contributed by atoms with Crippen molar-refractivity contribution in [2.24, 2.45) is 0 Å². The summed E-state index contributed by atoms with van der Waals surface area (Å²) in [6, 6.07) is 12.1. The molecule has 0 bridgehead atoms. The number of thioether (sulfide) groups is 1. The summed E-state index contributed by atoms with van der Waals surface area (Å²) in [5.74, 6) is 0.349. The molecule has 0 aliphatic carbocycles. The number of ether oxygens (including phenoxy) is 1. The van der Waals surface area contributed by atoms with Gasteiger partial charge in [-0.25, -0.2) is 8.42 Å². The number of anilines is 1. The molecule has 9 heteroatoms. The number of halogens is 1. The second-order valence-corrected chi connectivity index (χ2v) is 9.64. The molecule has 2 aromatic rings. The first-order valence-corrected chi connectivity index (χ1v) is 11.9. The number of amides is 1. The van der Waals surface area contributed by atoms with Gasteiger partial charge in [0.1, 0.15) is 5.75 Å². The van der Waals surface area contributed by atoms with E-state index in [1.807, 2.05) is 24.3 Å². The minimum Gasteiger partial charge on any atom is -0.495 e. The first-order chi connectivity index (χ1) is 13.3. The van der Waals surface area contributed by atoms with E-state index in [0.717, 1.165) is 9.37 Å². The van der Waals surface area contributed by atoms with Crippen LogP contribution in [0.15, 0.2) is 56.7 Å². The number of hydrogen-bond acceptors (Lipinski definition) is 5. The first-order valence-electron chi connectivity index (χ1n) is 8.68. The van der Waals surface area contributed by atoms with Gasteiger partial charge in [-0.1, -0.05) is 29.8 Å². The van der Waals surface area contributed by atoms with Gasteiger partial charge in [0.2, 0.25) is 15.9 Å². The molecule has 0 aliphatic rings. The molecule has 28 heavy (non-hydrogen) atoms. The molecule has 0 unspecified atom stereocenters. The van der Waals surface area contributed by atoms with E-state index in [0.29, 0.717) is 24.5 Å². The second-order valence-electron chi connectivity index (χ2n) is 5.74. The standard InChI is InChI=1S/C19H23BrN2O4S2/c1-4-22(5-2)28(24,25)16-10-11-18(26-3)17(12-16)21-19(23)13-27-15-8-6-14(20)7-9-15/h6-12H,4-5,13H2,1-3H3,(H,21,23). The minimum atomic E-state index is -3.63. The quantitative estimate of drug-likeness (QED) is 0.536. The second kappa shape index (κ2) is 10.3. The number of hydrogen-bond donors (Lipinski definition) is 1. The van der Waals surface area contributed by atoms with Gasteiger partial charge >= 0.3 is 0 Å².